The molecule has 0 unspecified atom stereocenters. The van der Waals surface area contributed by atoms with Gasteiger partial charge < -0.3 is 14.8 Å². The van der Waals surface area contributed by atoms with Gasteiger partial charge in [0.15, 0.2) is 0 Å². The second kappa shape index (κ2) is 6.71. The fourth-order valence-corrected chi connectivity index (χ4v) is 1.28. The summed E-state index contributed by atoms with van der Waals surface area (Å²) in [5, 5.41) is 2.67. The molecule has 0 aliphatic rings. The molecule has 1 aromatic rings. The minimum atomic E-state index is -0.365. The number of hydrogen-bond donors (Lipinski definition) is 1. The van der Waals surface area contributed by atoms with Crippen LogP contribution >= 0.6 is 0 Å². The van der Waals surface area contributed by atoms with E-state index in [9.17, 15) is 4.79 Å². The van der Waals surface area contributed by atoms with Crippen molar-refractivity contribution in [2.24, 2.45) is 0 Å². The van der Waals surface area contributed by atoms with E-state index in [1.165, 1.54) is 0 Å². The van der Waals surface area contributed by atoms with Gasteiger partial charge in [-0.3, -0.25) is 0 Å². The highest BCUT2D eigenvalue weighted by Gasteiger charge is 1.99. The first kappa shape index (κ1) is 12.4. The van der Waals surface area contributed by atoms with E-state index in [1.54, 1.807) is 14.0 Å². The monoisotopic (exact) mass is 225 g/mol. The Morgan fingerprint density at radius 1 is 1.38 bits per heavy atom. The molecule has 1 rings (SSSR count). The number of carbonyl (C=O) groups excluding carboxylic acids is 1. The third kappa shape index (κ3) is 4.21. The second-order valence-electron chi connectivity index (χ2n) is 3.25. The van der Waals surface area contributed by atoms with Crippen LogP contribution < -0.4 is 10.1 Å². The zero-order valence-electron chi connectivity index (χ0n) is 9.66. The molecule has 0 atom stereocenters. The summed E-state index contributed by atoms with van der Waals surface area (Å²) in [5.74, 6) is 0.835. The normalized spacial score (nSPS) is 9.62. The van der Waals surface area contributed by atoms with E-state index >= 15 is 0 Å². The zero-order valence-corrected chi connectivity index (χ0v) is 9.66. The Morgan fingerprint density at radius 2 is 2.06 bits per heavy atom. The Hall–Kier alpha value is -1.71. The lowest BCUT2D eigenvalue weighted by molar-refractivity contribution is 0.152. The number of ether oxygens (including phenoxy) is 2. The smallest absolute Gasteiger partial charge is 0.407 e. The molecule has 0 saturated heterocycles. The van der Waals surface area contributed by atoms with Gasteiger partial charge in [-0.15, -0.1) is 0 Å². The lowest BCUT2D eigenvalue weighted by Crippen LogP contribution is -2.26. The van der Waals surface area contributed by atoms with Crippen molar-refractivity contribution in [2.45, 2.75) is 13.3 Å². The third-order valence-corrected chi connectivity index (χ3v) is 2.12. The lowest BCUT2D eigenvalue weighted by atomic mass is 10.1. The van der Waals surface area contributed by atoms with E-state index in [0.29, 0.717) is 13.2 Å². The summed E-state index contributed by atoms with van der Waals surface area (Å²) >= 11 is 0. The topological polar surface area (TPSA) is 47.6 Å². The Labute approximate surface area is 97.0 Å². The molecule has 0 aromatic heterocycles. The van der Waals surface area contributed by atoms with Crippen LogP contribution in [-0.2, 0) is 11.2 Å². The quantitative estimate of drug-likeness (QED) is 0.836. The number of benzene rings is 1. The Kier molecular flexibility index (Phi) is 5.19. The molecule has 1 aromatic carbocycles. The highest BCUT2D eigenvalue weighted by Crippen LogP contribution is 2.11. The van der Waals surface area contributed by atoms with Crippen molar-refractivity contribution in [2.75, 3.05) is 20.3 Å². The largest absolute Gasteiger partial charge is 0.497 e. The van der Waals surface area contributed by atoms with Crippen LogP contribution in [0.15, 0.2) is 24.3 Å². The van der Waals surface area contributed by atoms with Gasteiger partial charge >= 0.3 is 6.09 Å². The van der Waals surface area contributed by atoms with Crippen molar-refractivity contribution in [3.8, 4) is 5.75 Å². The first-order valence-corrected chi connectivity index (χ1v) is 5.29. The molecular weight excluding hydrogens is 206 g/mol. The number of amides is 1. The molecule has 4 heteroatoms. The van der Waals surface area contributed by atoms with E-state index in [2.05, 4.69) is 5.32 Å². The predicted octanol–water partition coefficient (Wildman–Crippen LogP) is 2.23. The van der Waals surface area contributed by atoms with Crippen molar-refractivity contribution in [3.05, 3.63) is 29.8 Å². The second-order valence-corrected chi connectivity index (χ2v) is 3.25. The van der Waals surface area contributed by atoms with Crippen LogP contribution in [0.4, 0.5) is 4.79 Å². The van der Waals surface area contributed by atoms with Crippen LogP contribution in [0, 0.1) is 0 Å². The van der Waals surface area contributed by atoms with Crippen LogP contribution in [-0.4, -0.2) is 26.4 Å². The Bertz CT molecular complexity index is 327. The SMILES string of the molecule is CCOC(=O)NCCc1ccc(OC)cc1.[HH]. The standard InChI is InChI=1S/C12H17NO3.H2/c1-3-16-12(14)13-9-8-10-4-6-11(15-2)7-5-10;/h4-7H,3,8-9H2,1-2H3,(H,13,14);1H. The maximum atomic E-state index is 11.0. The highest BCUT2D eigenvalue weighted by atomic mass is 16.5. The highest BCUT2D eigenvalue weighted by molar-refractivity contribution is 5.67. The molecule has 0 saturated carbocycles. The fraction of sp³-hybridized carbons (Fsp3) is 0.417. The summed E-state index contributed by atoms with van der Waals surface area (Å²) in [7, 11) is 1.64. The van der Waals surface area contributed by atoms with E-state index in [1.807, 2.05) is 24.3 Å². The van der Waals surface area contributed by atoms with Gasteiger partial charge in [0.05, 0.1) is 13.7 Å². The van der Waals surface area contributed by atoms with Crippen molar-refractivity contribution in [1.82, 2.24) is 5.32 Å². The van der Waals surface area contributed by atoms with Crippen LogP contribution in [0.5, 0.6) is 5.75 Å². The average Bonchev–Trinajstić information content (AvgIpc) is 2.30. The summed E-state index contributed by atoms with van der Waals surface area (Å²) in [6.45, 7) is 2.75. The third-order valence-electron chi connectivity index (χ3n) is 2.12. The molecule has 0 spiro atoms. The molecule has 0 fully saturated rings. The lowest BCUT2D eigenvalue weighted by Gasteiger charge is -2.05. The Balaban J connectivity index is 0.00000256. The van der Waals surface area contributed by atoms with Gasteiger partial charge in [0.2, 0.25) is 0 Å². The molecular formula is C12H19NO3. The minimum absolute atomic E-state index is 0. The molecule has 0 heterocycles. The number of hydrogen-bond acceptors (Lipinski definition) is 3. The molecule has 1 N–H and O–H groups in total. The molecule has 16 heavy (non-hydrogen) atoms. The number of carbonyl (C=O) groups is 1. The molecule has 0 aliphatic heterocycles. The molecule has 4 nitrogen and oxygen atoms in total. The molecule has 1 amide bonds. The molecule has 0 aliphatic carbocycles. The van der Waals surface area contributed by atoms with Crippen LogP contribution in [0.25, 0.3) is 0 Å². The number of alkyl carbamates (subject to hydrolysis) is 1. The average molecular weight is 225 g/mol. The molecule has 90 valence electrons. The summed E-state index contributed by atoms with van der Waals surface area (Å²) in [5.41, 5.74) is 1.15. The number of nitrogens with one attached hydrogen (secondary N) is 1. The summed E-state index contributed by atoms with van der Waals surface area (Å²) in [4.78, 5) is 11.0. The summed E-state index contributed by atoms with van der Waals surface area (Å²) in [6.07, 6.45) is 0.416. The fourth-order valence-electron chi connectivity index (χ4n) is 1.28. The predicted molar refractivity (Wildman–Crippen MR) is 63.8 cm³/mol. The van der Waals surface area contributed by atoms with Gasteiger partial charge in [0.1, 0.15) is 5.75 Å². The number of rotatable bonds is 5. The van der Waals surface area contributed by atoms with Gasteiger partial charge in [0, 0.05) is 7.97 Å². The van der Waals surface area contributed by atoms with Gasteiger partial charge in [-0.2, -0.15) is 0 Å². The summed E-state index contributed by atoms with van der Waals surface area (Å²) in [6, 6.07) is 7.76. The first-order valence-electron chi connectivity index (χ1n) is 5.29. The number of methoxy groups -OCH3 is 1. The zero-order chi connectivity index (χ0) is 11.8. The van der Waals surface area contributed by atoms with E-state index in [0.717, 1.165) is 17.7 Å². The van der Waals surface area contributed by atoms with Crippen molar-refractivity contribution in [1.29, 1.82) is 0 Å². The van der Waals surface area contributed by atoms with Gasteiger partial charge in [-0.25, -0.2) is 4.79 Å². The maximum absolute atomic E-state index is 11.0. The van der Waals surface area contributed by atoms with Gasteiger partial charge in [-0.05, 0) is 31.0 Å². The van der Waals surface area contributed by atoms with Crippen molar-refractivity contribution >= 4 is 6.09 Å². The molecule has 0 radical (unpaired) electrons. The molecule has 0 bridgehead atoms. The Morgan fingerprint density at radius 3 is 2.62 bits per heavy atom. The van der Waals surface area contributed by atoms with Gasteiger partial charge in [-0.1, -0.05) is 12.1 Å². The summed E-state index contributed by atoms with van der Waals surface area (Å²) < 4.78 is 9.80. The minimum Gasteiger partial charge on any atom is -0.497 e. The van der Waals surface area contributed by atoms with Crippen LogP contribution in [0.2, 0.25) is 0 Å². The maximum Gasteiger partial charge on any atom is 0.407 e. The van der Waals surface area contributed by atoms with Crippen molar-refractivity contribution in [3.63, 3.8) is 0 Å². The van der Waals surface area contributed by atoms with Crippen LogP contribution in [0.1, 0.15) is 13.9 Å². The van der Waals surface area contributed by atoms with Gasteiger partial charge in [0.25, 0.3) is 0 Å². The van der Waals surface area contributed by atoms with Crippen LogP contribution in [0.3, 0.4) is 0 Å². The van der Waals surface area contributed by atoms with E-state index < -0.39 is 0 Å². The van der Waals surface area contributed by atoms with Crippen molar-refractivity contribution < 1.29 is 15.7 Å². The first-order chi connectivity index (χ1) is 7.76. The van der Waals surface area contributed by atoms with E-state index in [4.69, 9.17) is 9.47 Å². The van der Waals surface area contributed by atoms with E-state index in [-0.39, 0.29) is 7.52 Å².